The Kier molecular flexibility index (Phi) is 4.79. The maximum absolute atomic E-state index is 13.5. The lowest BCUT2D eigenvalue weighted by Crippen LogP contribution is -2.29. The molecule has 0 saturated heterocycles. The van der Waals surface area contributed by atoms with Crippen molar-refractivity contribution in [2.24, 2.45) is 0 Å². The molecule has 0 N–H and O–H groups in total. The minimum Gasteiger partial charge on any atom is -0.494 e. The van der Waals surface area contributed by atoms with Gasteiger partial charge in [0.15, 0.2) is 10.6 Å². The number of anilines is 1. The van der Waals surface area contributed by atoms with Gasteiger partial charge in [-0.25, -0.2) is 4.98 Å². The Morgan fingerprint density at radius 1 is 1.23 bits per heavy atom. The molecule has 0 fully saturated rings. The Balaban J connectivity index is 1.80. The highest BCUT2D eigenvalue weighted by Crippen LogP contribution is 2.42. The fourth-order valence-corrected chi connectivity index (χ4v) is 4.85. The van der Waals surface area contributed by atoms with Gasteiger partial charge >= 0.3 is 0 Å². The van der Waals surface area contributed by atoms with Crippen LogP contribution in [0.2, 0.25) is 5.02 Å². The molecule has 1 amide bonds. The summed E-state index contributed by atoms with van der Waals surface area (Å²) in [6.45, 7) is 4.26. The van der Waals surface area contributed by atoms with Gasteiger partial charge in [-0.3, -0.25) is 14.5 Å². The molecule has 156 valence electrons. The van der Waals surface area contributed by atoms with Gasteiger partial charge in [0, 0.05) is 10.4 Å². The topological polar surface area (TPSA) is 72.6 Å². The number of aromatic nitrogens is 1. The van der Waals surface area contributed by atoms with Crippen LogP contribution in [0.15, 0.2) is 57.1 Å². The molecule has 0 bridgehead atoms. The van der Waals surface area contributed by atoms with E-state index in [4.69, 9.17) is 20.8 Å². The van der Waals surface area contributed by atoms with Crippen molar-refractivity contribution in [3.05, 3.63) is 85.7 Å². The first-order valence-corrected chi connectivity index (χ1v) is 11.0. The summed E-state index contributed by atoms with van der Waals surface area (Å²) in [5.41, 5.74) is 1.85. The van der Waals surface area contributed by atoms with Crippen molar-refractivity contribution in [1.29, 1.82) is 0 Å². The van der Waals surface area contributed by atoms with Crippen LogP contribution in [-0.4, -0.2) is 17.5 Å². The van der Waals surface area contributed by atoms with Crippen LogP contribution in [-0.2, 0) is 0 Å². The number of carbonyl (C=O) groups is 1. The highest BCUT2D eigenvalue weighted by Gasteiger charge is 2.45. The molecule has 8 heteroatoms. The SMILES string of the molecule is CCOc1cccc([C@H]2c3c(oc4ccc(Cl)cc4c3=O)C(=O)N2c2nc(C)cs2)c1. The molecule has 0 saturated carbocycles. The second-order valence-electron chi connectivity index (χ2n) is 7.17. The van der Waals surface area contributed by atoms with Crippen molar-refractivity contribution >= 4 is 44.9 Å². The minimum absolute atomic E-state index is 0.0273. The molecule has 2 aromatic carbocycles. The predicted molar refractivity (Wildman–Crippen MR) is 121 cm³/mol. The van der Waals surface area contributed by atoms with E-state index in [1.807, 2.05) is 43.5 Å². The molecule has 31 heavy (non-hydrogen) atoms. The van der Waals surface area contributed by atoms with Gasteiger partial charge in [-0.15, -0.1) is 11.3 Å². The van der Waals surface area contributed by atoms with Gasteiger partial charge in [-0.1, -0.05) is 23.7 Å². The van der Waals surface area contributed by atoms with Crippen LogP contribution in [0.3, 0.4) is 0 Å². The number of fused-ring (bicyclic) bond motifs is 2. The molecule has 5 rings (SSSR count). The zero-order valence-electron chi connectivity index (χ0n) is 16.7. The largest absolute Gasteiger partial charge is 0.494 e. The third-order valence-corrected chi connectivity index (χ3v) is 6.32. The summed E-state index contributed by atoms with van der Waals surface area (Å²) in [6.07, 6.45) is 0. The van der Waals surface area contributed by atoms with Crippen LogP contribution in [0.1, 0.15) is 40.3 Å². The van der Waals surface area contributed by atoms with Gasteiger partial charge in [0.2, 0.25) is 5.76 Å². The zero-order valence-corrected chi connectivity index (χ0v) is 18.3. The molecule has 2 aromatic heterocycles. The van der Waals surface area contributed by atoms with Gasteiger partial charge in [0.1, 0.15) is 11.3 Å². The average molecular weight is 453 g/mol. The van der Waals surface area contributed by atoms with E-state index in [0.717, 1.165) is 11.3 Å². The van der Waals surface area contributed by atoms with E-state index < -0.39 is 11.9 Å². The molecule has 3 heterocycles. The van der Waals surface area contributed by atoms with E-state index >= 15 is 0 Å². The number of hydrogen-bond donors (Lipinski definition) is 0. The van der Waals surface area contributed by atoms with Crippen LogP contribution in [0.4, 0.5) is 5.13 Å². The van der Waals surface area contributed by atoms with E-state index in [-0.39, 0.29) is 16.8 Å². The first-order chi connectivity index (χ1) is 15.0. The molecular weight excluding hydrogens is 436 g/mol. The number of halogens is 1. The Labute approximate surface area is 186 Å². The molecule has 0 aliphatic carbocycles. The number of hydrogen-bond acceptors (Lipinski definition) is 6. The molecular formula is C23H17ClN2O4S. The molecule has 6 nitrogen and oxygen atoms in total. The zero-order chi connectivity index (χ0) is 21.7. The summed E-state index contributed by atoms with van der Waals surface area (Å²) in [4.78, 5) is 33.0. The second kappa shape index (κ2) is 7.51. The van der Waals surface area contributed by atoms with Crippen LogP contribution in [0.5, 0.6) is 5.75 Å². The van der Waals surface area contributed by atoms with Gasteiger partial charge < -0.3 is 9.15 Å². The van der Waals surface area contributed by atoms with Crippen LogP contribution in [0.25, 0.3) is 11.0 Å². The number of ether oxygens (including phenoxy) is 1. The molecule has 0 radical (unpaired) electrons. The van der Waals surface area contributed by atoms with Crippen LogP contribution < -0.4 is 15.1 Å². The summed E-state index contributed by atoms with van der Waals surface area (Å²) in [5.74, 6) is 0.286. The Hall–Kier alpha value is -3.16. The molecule has 1 atom stereocenters. The number of thiazole rings is 1. The van der Waals surface area contributed by atoms with Crippen molar-refractivity contribution in [2.75, 3.05) is 11.5 Å². The normalized spacial score (nSPS) is 15.5. The molecule has 1 aliphatic rings. The van der Waals surface area contributed by atoms with Gasteiger partial charge in [0.25, 0.3) is 5.91 Å². The van der Waals surface area contributed by atoms with Crippen LogP contribution in [0, 0.1) is 6.92 Å². The highest BCUT2D eigenvalue weighted by molar-refractivity contribution is 7.14. The maximum atomic E-state index is 13.5. The van der Waals surface area contributed by atoms with Gasteiger partial charge in [0.05, 0.1) is 29.3 Å². The predicted octanol–water partition coefficient (Wildman–Crippen LogP) is 5.36. The molecule has 0 spiro atoms. The first kappa shape index (κ1) is 19.8. The number of aryl methyl sites for hydroxylation is 1. The fourth-order valence-electron chi connectivity index (χ4n) is 3.85. The van der Waals surface area contributed by atoms with Crippen LogP contribution >= 0.6 is 22.9 Å². The minimum atomic E-state index is -0.687. The van der Waals surface area contributed by atoms with E-state index in [1.54, 1.807) is 18.2 Å². The van der Waals surface area contributed by atoms with E-state index in [1.165, 1.54) is 16.2 Å². The van der Waals surface area contributed by atoms with Gasteiger partial charge in [-0.2, -0.15) is 0 Å². The number of nitrogens with zero attached hydrogens (tertiary/aromatic N) is 2. The van der Waals surface area contributed by atoms with Crippen molar-refractivity contribution < 1.29 is 13.9 Å². The smallest absolute Gasteiger partial charge is 0.297 e. The standard InChI is InChI=1S/C23H17ClN2O4S/c1-3-29-15-6-4-5-13(9-15)19-18-20(27)16-10-14(24)7-8-17(16)30-21(18)22(28)26(19)23-25-12(2)11-31-23/h4-11,19H,3H2,1-2H3/t19-/m0/s1. The summed E-state index contributed by atoms with van der Waals surface area (Å²) < 4.78 is 11.6. The highest BCUT2D eigenvalue weighted by atomic mass is 35.5. The number of rotatable bonds is 4. The second-order valence-corrected chi connectivity index (χ2v) is 8.44. The third-order valence-electron chi connectivity index (χ3n) is 5.13. The average Bonchev–Trinajstić information content (AvgIpc) is 3.30. The van der Waals surface area contributed by atoms with E-state index in [9.17, 15) is 9.59 Å². The lowest BCUT2D eigenvalue weighted by atomic mass is 9.98. The lowest BCUT2D eigenvalue weighted by Gasteiger charge is -2.23. The van der Waals surface area contributed by atoms with Crippen molar-refractivity contribution in [2.45, 2.75) is 19.9 Å². The van der Waals surface area contributed by atoms with Crippen molar-refractivity contribution in [1.82, 2.24) is 4.98 Å². The van der Waals surface area contributed by atoms with Crippen molar-refractivity contribution in [3.8, 4) is 5.75 Å². The fraction of sp³-hybridized carbons (Fsp3) is 0.174. The number of benzene rings is 2. The number of amides is 1. The Bertz CT molecular complexity index is 1390. The van der Waals surface area contributed by atoms with E-state index in [0.29, 0.717) is 33.5 Å². The Morgan fingerprint density at radius 2 is 2.06 bits per heavy atom. The van der Waals surface area contributed by atoms with Crippen molar-refractivity contribution in [3.63, 3.8) is 0 Å². The number of carbonyl (C=O) groups excluding carboxylic acids is 1. The quantitative estimate of drug-likeness (QED) is 0.416. The lowest BCUT2D eigenvalue weighted by molar-refractivity contribution is 0.0971. The third kappa shape index (κ3) is 3.21. The monoisotopic (exact) mass is 452 g/mol. The summed E-state index contributed by atoms with van der Waals surface area (Å²) in [6, 6.07) is 11.5. The summed E-state index contributed by atoms with van der Waals surface area (Å²) in [7, 11) is 0. The van der Waals surface area contributed by atoms with E-state index in [2.05, 4.69) is 4.98 Å². The summed E-state index contributed by atoms with van der Waals surface area (Å²) in [5, 5.41) is 3.13. The van der Waals surface area contributed by atoms with Gasteiger partial charge in [-0.05, 0) is 49.7 Å². The molecule has 0 unspecified atom stereocenters. The first-order valence-electron chi connectivity index (χ1n) is 9.72. The molecule has 4 aromatic rings. The Morgan fingerprint density at radius 3 is 2.81 bits per heavy atom. The summed E-state index contributed by atoms with van der Waals surface area (Å²) >= 11 is 7.47. The molecule has 1 aliphatic heterocycles. The maximum Gasteiger partial charge on any atom is 0.297 e.